The number of hydrogen-bond donors (Lipinski definition) is 0. The van der Waals surface area contributed by atoms with E-state index in [4.69, 9.17) is 4.74 Å². The molecule has 0 atom stereocenters. The number of hydrogen-bond acceptors (Lipinski definition) is 3. The molecule has 7 heteroatoms. The van der Waals surface area contributed by atoms with E-state index in [0.29, 0.717) is 24.2 Å². The quantitative estimate of drug-likeness (QED) is 0.326. The zero-order valence-electron chi connectivity index (χ0n) is 15.5. The summed E-state index contributed by atoms with van der Waals surface area (Å²) in [6.45, 7) is 3.84. The maximum absolute atomic E-state index is 13.7. The van der Waals surface area contributed by atoms with Gasteiger partial charge in [0.2, 0.25) is 0 Å². The van der Waals surface area contributed by atoms with Crippen LogP contribution in [0.4, 0.5) is 8.78 Å². The molecule has 0 aliphatic heterocycles. The summed E-state index contributed by atoms with van der Waals surface area (Å²) in [6, 6.07) is 4.90. The lowest BCUT2D eigenvalue weighted by molar-refractivity contribution is -0.104. The SMILES string of the molecule is C/C=C\C(C=O)=C/CCn1c(C)cc(OCc2ccc(F)cc2F)c(Br)c1=O. The van der Waals surface area contributed by atoms with Crippen LogP contribution in [0.2, 0.25) is 0 Å². The van der Waals surface area contributed by atoms with E-state index >= 15 is 0 Å². The average Bonchev–Trinajstić information content (AvgIpc) is 2.66. The Labute approximate surface area is 170 Å². The zero-order valence-corrected chi connectivity index (χ0v) is 17.1. The lowest BCUT2D eigenvalue weighted by Gasteiger charge is -2.14. The van der Waals surface area contributed by atoms with Crippen LogP contribution in [-0.2, 0) is 17.9 Å². The van der Waals surface area contributed by atoms with E-state index in [9.17, 15) is 18.4 Å². The first-order chi connectivity index (χ1) is 13.4. The fourth-order valence-corrected chi connectivity index (χ4v) is 3.04. The minimum atomic E-state index is -0.708. The molecule has 0 aliphatic carbocycles. The van der Waals surface area contributed by atoms with Crippen molar-refractivity contribution in [2.24, 2.45) is 0 Å². The van der Waals surface area contributed by atoms with E-state index in [-0.39, 0.29) is 28.0 Å². The number of allylic oxidation sites excluding steroid dienone is 4. The Kier molecular flexibility index (Phi) is 7.87. The molecule has 2 aromatic rings. The van der Waals surface area contributed by atoms with Gasteiger partial charge in [-0.05, 0) is 48.3 Å². The Morgan fingerprint density at radius 3 is 2.68 bits per heavy atom. The molecular weight excluding hydrogens is 432 g/mol. The van der Waals surface area contributed by atoms with Crippen LogP contribution in [0, 0.1) is 18.6 Å². The number of rotatable bonds is 8. The standard InChI is InChI=1S/C21H20BrF2NO3/c1-3-5-15(12-26)6-4-9-25-14(2)10-19(20(22)21(25)27)28-13-16-7-8-17(23)11-18(16)24/h3,5-8,10-12H,4,9,13H2,1-2H3/b5-3-,15-6+. The van der Waals surface area contributed by atoms with E-state index in [1.807, 2.05) is 6.92 Å². The monoisotopic (exact) mass is 451 g/mol. The predicted molar refractivity (Wildman–Crippen MR) is 107 cm³/mol. The molecular formula is C21H20BrF2NO3. The zero-order chi connectivity index (χ0) is 20.7. The second kappa shape index (κ2) is 10.1. The van der Waals surface area contributed by atoms with Crippen LogP contribution >= 0.6 is 15.9 Å². The number of aryl methyl sites for hydroxylation is 1. The summed E-state index contributed by atoms with van der Waals surface area (Å²) in [5.41, 5.74) is 1.11. The first kappa shape index (κ1) is 21.8. The number of nitrogens with zero attached hydrogens (tertiary/aromatic N) is 1. The third-order valence-corrected chi connectivity index (χ3v) is 4.77. The summed E-state index contributed by atoms with van der Waals surface area (Å²) in [6.07, 6.45) is 6.49. The number of pyridine rings is 1. The summed E-state index contributed by atoms with van der Waals surface area (Å²) in [4.78, 5) is 23.6. The van der Waals surface area contributed by atoms with Gasteiger partial charge >= 0.3 is 0 Å². The van der Waals surface area contributed by atoms with Gasteiger partial charge in [0.25, 0.3) is 5.56 Å². The third-order valence-electron chi connectivity index (χ3n) is 4.04. The molecule has 4 nitrogen and oxygen atoms in total. The molecule has 2 rings (SSSR count). The average molecular weight is 452 g/mol. The molecule has 0 saturated heterocycles. The molecule has 148 valence electrons. The van der Waals surface area contributed by atoms with Crippen LogP contribution in [0.3, 0.4) is 0 Å². The van der Waals surface area contributed by atoms with Crippen LogP contribution in [-0.4, -0.2) is 10.9 Å². The highest BCUT2D eigenvalue weighted by Gasteiger charge is 2.13. The largest absolute Gasteiger partial charge is 0.487 e. The number of aromatic nitrogens is 1. The summed E-state index contributed by atoms with van der Waals surface area (Å²) in [5.74, 6) is -1.09. The normalized spacial score (nSPS) is 11.8. The smallest absolute Gasteiger partial charge is 0.268 e. The number of halogens is 3. The Bertz CT molecular complexity index is 980. The molecule has 1 heterocycles. The van der Waals surface area contributed by atoms with Crippen molar-refractivity contribution in [2.45, 2.75) is 33.4 Å². The molecule has 0 unspecified atom stereocenters. The van der Waals surface area contributed by atoms with Crippen molar-refractivity contribution in [3.8, 4) is 5.75 Å². The Hall–Kier alpha value is -2.54. The van der Waals surface area contributed by atoms with Crippen molar-refractivity contribution >= 4 is 22.2 Å². The Morgan fingerprint density at radius 1 is 1.29 bits per heavy atom. The van der Waals surface area contributed by atoms with Gasteiger partial charge in [-0.1, -0.05) is 18.2 Å². The van der Waals surface area contributed by atoms with Crippen LogP contribution in [0.5, 0.6) is 5.75 Å². The maximum Gasteiger partial charge on any atom is 0.268 e. The minimum absolute atomic E-state index is 0.137. The molecule has 0 aliphatic rings. The summed E-state index contributed by atoms with van der Waals surface area (Å²) in [7, 11) is 0. The lowest BCUT2D eigenvalue weighted by atomic mass is 10.2. The highest BCUT2D eigenvalue weighted by atomic mass is 79.9. The molecule has 0 saturated carbocycles. The van der Waals surface area contributed by atoms with Crippen molar-refractivity contribution in [1.82, 2.24) is 4.57 Å². The van der Waals surface area contributed by atoms with Gasteiger partial charge in [0.15, 0.2) is 0 Å². The van der Waals surface area contributed by atoms with Crippen molar-refractivity contribution in [3.05, 3.63) is 85.8 Å². The third kappa shape index (κ3) is 5.48. The van der Waals surface area contributed by atoms with E-state index in [2.05, 4.69) is 15.9 Å². The van der Waals surface area contributed by atoms with E-state index in [1.54, 1.807) is 35.8 Å². The van der Waals surface area contributed by atoms with Crippen molar-refractivity contribution in [1.29, 1.82) is 0 Å². The summed E-state index contributed by atoms with van der Waals surface area (Å²) >= 11 is 3.23. The second-order valence-electron chi connectivity index (χ2n) is 6.06. The Morgan fingerprint density at radius 2 is 2.04 bits per heavy atom. The fourth-order valence-electron chi connectivity index (χ4n) is 2.60. The van der Waals surface area contributed by atoms with E-state index < -0.39 is 11.6 Å². The van der Waals surface area contributed by atoms with Crippen molar-refractivity contribution in [3.63, 3.8) is 0 Å². The molecule has 0 amide bonds. The van der Waals surface area contributed by atoms with Gasteiger partial charge in [-0.3, -0.25) is 9.59 Å². The van der Waals surface area contributed by atoms with Gasteiger partial charge in [-0.25, -0.2) is 8.78 Å². The van der Waals surface area contributed by atoms with Gasteiger partial charge in [0, 0.05) is 35.5 Å². The van der Waals surface area contributed by atoms with Crippen LogP contribution in [0.1, 0.15) is 24.6 Å². The fraction of sp³-hybridized carbons (Fsp3) is 0.238. The topological polar surface area (TPSA) is 48.3 Å². The number of carbonyl (C=O) groups excluding carboxylic acids is 1. The van der Waals surface area contributed by atoms with E-state index in [0.717, 1.165) is 18.4 Å². The van der Waals surface area contributed by atoms with Gasteiger partial charge in [-0.2, -0.15) is 0 Å². The number of ether oxygens (including phenoxy) is 1. The first-order valence-corrected chi connectivity index (χ1v) is 9.41. The second-order valence-corrected chi connectivity index (χ2v) is 6.85. The molecule has 1 aromatic heterocycles. The summed E-state index contributed by atoms with van der Waals surface area (Å²) < 4.78 is 34.1. The van der Waals surface area contributed by atoms with Gasteiger partial charge in [0.05, 0.1) is 0 Å². The summed E-state index contributed by atoms with van der Waals surface area (Å²) in [5, 5.41) is 0. The molecule has 1 aromatic carbocycles. The highest BCUT2D eigenvalue weighted by Crippen LogP contribution is 2.24. The number of aldehydes is 1. The number of benzene rings is 1. The van der Waals surface area contributed by atoms with Crippen LogP contribution in [0.15, 0.2) is 57.3 Å². The number of carbonyl (C=O) groups is 1. The van der Waals surface area contributed by atoms with Gasteiger partial charge < -0.3 is 9.30 Å². The molecule has 0 radical (unpaired) electrons. The molecule has 0 bridgehead atoms. The maximum atomic E-state index is 13.7. The van der Waals surface area contributed by atoms with E-state index in [1.165, 1.54) is 6.07 Å². The van der Waals surface area contributed by atoms with Crippen molar-refractivity contribution < 1.29 is 18.3 Å². The van der Waals surface area contributed by atoms with Gasteiger partial charge in [-0.15, -0.1) is 0 Å². The highest BCUT2D eigenvalue weighted by molar-refractivity contribution is 9.10. The Balaban J connectivity index is 2.17. The lowest BCUT2D eigenvalue weighted by Crippen LogP contribution is -2.23. The van der Waals surface area contributed by atoms with Crippen LogP contribution in [0.25, 0.3) is 0 Å². The first-order valence-electron chi connectivity index (χ1n) is 8.62. The predicted octanol–water partition coefficient (Wildman–Crippen LogP) is 4.87. The minimum Gasteiger partial charge on any atom is -0.487 e. The van der Waals surface area contributed by atoms with Crippen LogP contribution < -0.4 is 10.3 Å². The molecule has 28 heavy (non-hydrogen) atoms. The molecule has 0 fully saturated rings. The molecule has 0 N–H and O–H groups in total. The molecule has 0 spiro atoms. The van der Waals surface area contributed by atoms with Gasteiger partial charge in [0.1, 0.15) is 34.7 Å². The van der Waals surface area contributed by atoms with Crippen molar-refractivity contribution in [2.75, 3.05) is 0 Å².